The quantitative estimate of drug-likeness (QED) is 0.645. The second kappa shape index (κ2) is 5.54. The van der Waals surface area contributed by atoms with E-state index in [1.807, 2.05) is 0 Å². The minimum Gasteiger partial charge on any atom is -0.466 e. The smallest absolute Gasteiger partial charge is 0.337 e. The fourth-order valence-electron chi connectivity index (χ4n) is 2.08. The van der Waals surface area contributed by atoms with Crippen molar-refractivity contribution < 1.29 is 18.3 Å². The van der Waals surface area contributed by atoms with Gasteiger partial charge in [0.05, 0.1) is 24.3 Å². The molecule has 1 aromatic rings. The van der Waals surface area contributed by atoms with Crippen LogP contribution >= 0.6 is 12.2 Å². The summed E-state index contributed by atoms with van der Waals surface area (Å²) in [6.07, 6.45) is 0. The van der Waals surface area contributed by atoms with Crippen molar-refractivity contribution in [1.29, 1.82) is 0 Å². The summed E-state index contributed by atoms with van der Waals surface area (Å²) in [4.78, 5) is 11.8. The van der Waals surface area contributed by atoms with Crippen LogP contribution in [0.4, 0.5) is 8.78 Å². The van der Waals surface area contributed by atoms with Crippen LogP contribution in [-0.4, -0.2) is 18.2 Å². The minimum absolute atomic E-state index is 0.0881. The van der Waals surface area contributed by atoms with E-state index >= 15 is 0 Å². The minimum atomic E-state index is -1.03. The molecule has 0 saturated heterocycles. The summed E-state index contributed by atoms with van der Waals surface area (Å²) in [5.41, 5.74) is 0.217. The molecule has 0 amide bonds. The highest BCUT2D eigenvalue weighted by molar-refractivity contribution is 7.80. The number of methoxy groups -OCH3 is 1. The topological polar surface area (TPSA) is 50.4 Å². The molecular weight excluding hydrogens is 286 g/mol. The predicted octanol–water partition coefficient (Wildman–Crippen LogP) is 1.93. The van der Waals surface area contributed by atoms with Crippen molar-refractivity contribution in [3.8, 4) is 0 Å². The van der Waals surface area contributed by atoms with Crippen LogP contribution < -0.4 is 10.6 Å². The van der Waals surface area contributed by atoms with Gasteiger partial charge in [0.2, 0.25) is 0 Å². The van der Waals surface area contributed by atoms with Crippen molar-refractivity contribution in [3.63, 3.8) is 0 Å². The third-order valence-electron chi connectivity index (χ3n) is 2.96. The zero-order valence-corrected chi connectivity index (χ0v) is 11.6. The van der Waals surface area contributed by atoms with Gasteiger partial charge in [0, 0.05) is 5.70 Å². The van der Waals surface area contributed by atoms with E-state index in [-0.39, 0.29) is 16.2 Å². The predicted molar refractivity (Wildman–Crippen MR) is 72.7 cm³/mol. The molecule has 1 atom stereocenters. The van der Waals surface area contributed by atoms with Crippen LogP contribution in [-0.2, 0) is 9.53 Å². The maximum atomic E-state index is 13.9. The number of carbonyl (C=O) groups excluding carboxylic acids is 1. The van der Waals surface area contributed by atoms with Gasteiger partial charge in [0.25, 0.3) is 0 Å². The van der Waals surface area contributed by atoms with Crippen molar-refractivity contribution in [2.45, 2.75) is 13.0 Å². The molecule has 7 heteroatoms. The molecule has 4 nitrogen and oxygen atoms in total. The fourth-order valence-corrected chi connectivity index (χ4v) is 2.35. The molecule has 1 heterocycles. The van der Waals surface area contributed by atoms with Crippen molar-refractivity contribution in [1.82, 2.24) is 10.6 Å². The van der Waals surface area contributed by atoms with Gasteiger partial charge >= 0.3 is 5.97 Å². The van der Waals surface area contributed by atoms with E-state index < -0.39 is 23.6 Å². The second-order valence-corrected chi connectivity index (χ2v) is 4.61. The Hall–Kier alpha value is -2.02. The standard InChI is InChI=1S/C13H12F2N2O2S/c1-6-9(12(18)19-2)11(17-13(20)16-6)10-7(14)4-3-5-8(10)15/h3-5,11H,1-2H3,(H2,16,17,20). The van der Waals surface area contributed by atoms with Crippen molar-refractivity contribution in [2.75, 3.05) is 7.11 Å². The number of halogens is 2. The Morgan fingerprint density at radius 1 is 1.35 bits per heavy atom. The second-order valence-electron chi connectivity index (χ2n) is 4.20. The van der Waals surface area contributed by atoms with Crippen LogP contribution in [0.1, 0.15) is 18.5 Å². The van der Waals surface area contributed by atoms with Gasteiger partial charge in [-0.1, -0.05) is 6.07 Å². The van der Waals surface area contributed by atoms with Crippen LogP contribution in [0.2, 0.25) is 0 Å². The lowest BCUT2D eigenvalue weighted by Crippen LogP contribution is -2.45. The maximum absolute atomic E-state index is 13.9. The number of ether oxygens (including phenoxy) is 1. The molecular formula is C13H12F2N2O2S. The van der Waals surface area contributed by atoms with E-state index in [1.54, 1.807) is 6.92 Å². The van der Waals surface area contributed by atoms with Gasteiger partial charge < -0.3 is 15.4 Å². The van der Waals surface area contributed by atoms with Gasteiger partial charge in [0.15, 0.2) is 5.11 Å². The summed E-state index contributed by atoms with van der Waals surface area (Å²) in [6, 6.07) is 2.46. The number of rotatable bonds is 2. The average molecular weight is 298 g/mol. The van der Waals surface area contributed by atoms with Gasteiger partial charge in [-0.05, 0) is 31.3 Å². The summed E-state index contributed by atoms with van der Waals surface area (Å²) >= 11 is 4.97. The van der Waals surface area contributed by atoms with E-state index in [4.69, 9.17) is 12.2 Å². The van der Waals surface area contributed by atoms with E-state index in [1.165, 1.54) is 13.2 Å². The number of carbonyl (C=O) groups is 1. The summed E-state index contributed by atoms with van der Waals surface area (Å²) in [7, 11) is 1.20. The van der Waals surface area contributed by atoms with E-state index in [0.29, 0.717) is 5.70 Å². The Kier molecular flexibility index (Phi) is 3.99. The summed E-state index contributed by atoms with van der Waals surface area (Å²) < 4.78 is 32.5. The molecule has 106 valence electrons. The van der Waals surface area contributed by atoms with Crippen molar-refractivity contribution in [2.24, 2.45) is 0 Å². The molecule has 20 heavy (non-hydrogen) atoms. The molecule has 2 N–H and O–H groups in total. The molecule has 0 aliphatic carbocycles. The highest BCUT2D eigenvalue weighted by Gasteiger charge is 2.33. The fraction of sp³-hybridized carbons (Fsp3) is 0.231. The molecule has 0 radical (unpaired) electrons. The average Bonchev–Trinajstić information content (AvgIpc) is 2.37. The first-order chi connectivity index (χ1) is 9.45. The molecule has 0 saturated carbocycles. The molecule has 0 bridgehead atoms. The number of hydrogen-bond acceptors (Lipinski definition) is 3. The maximum Gasteiger partial charge on any atom is 0.337 e. The van der Waals surface area contributed by atoms with Crippen LogP contribution in [0, 0.1) is 11.6 Å². The molecule has 0 spiro atoms. The normalized spacial score (nSPS) is 18.4. The Morgan fingerprint density at radius 3 is 2.50 bits per heavy atom. The van der Waals surface area contributed by atoms with Crippen LogP contribution in [0.15, 0.2) is 29.5 Å². The molecule has 1 unspecified atom stereocenters. The number of nitrogens with one attached hydrogen (secondary N) is 2. The molecule has 1 aliphatic heterocycles. The molecule has 1 aliphatic rings. The van der Waals surface area contributed by atoms with E-state index in [0.717, 1.165) is 12.1 Å². The first-order valence-electron chi connectivity index (χ1n) is 5.76. The van der Waals surface area contributed by atoms with Gasteiger partial charge in [-0.2, -0.15) is 0 Å². The van der Waals surface area contributed by atoms with Crippen LogP contribution in [0.3, 0.4) is 0 Å². The number of benzene rings is 1. The lowest BCUT2D eigenvalue weighted by molar-refractivity contribution is -0.136. The molecule has 1 aromatic carbocycles. The van der Waals surface area contributed by atoms with Crippen LogP contribution in [0.25, 0.3) is 0 Å². The summed E-state index contributed by atoms with van der Waals surface area (Å²) in [6.45, 7) is 1.59. The van der Waals surface area contributed by atoms with Crippen LogP contribution in [0.5, 0.6) is 0 Å². The number of esters is 1. The van der Waals surface area contributed by atoms with Gasteiger partial charge in [-0.15, -0.1) is 0 Å². The monoisotopic (exact) mass is 298 g/mol. The first-order valence-corrected chi connectivity index (χ1v) is 6.17. The van der Waals surface area contributed by atoms with Gasteiger partial charge in [-0.3, -0.25) is 0 Å². The summed E-state index contributed by atoms with van der Waals surface area (Å²) in [5, 5.41) is 5.61. The Morgan fingerprint density at radius 2 is 1.95 bits per heavy atom. The first kappa shape index (κ1) is 14.4. The Bertz CT molecular complexity index is 596. The number of allylic oxidation sites excluding steroid dienone is 1. The highest BCUT2D eigenvalue weighted by Crippen LogP contribution is 2.30. The van der Waals surface area contributed by atoms with E-state index in [9.17, 15) is 13.6 Å². The molecule has 2 rings (SSSR count). The zero-order chi connectivity index (χ0) is 14.9. The molecule has 0 fully saturated rings. The van der Waals surface area contributed by atoms with Crippen molar-refractivity contribution >= 4 is 23.3 Å². The lowest BCUT2D eigenvalue weighted by atomic mass is 9.95. The highest BCUT2D eigenvalue weighted by atomic mass is 32.1. The third kappa shape index (κ3) is 2.49. The SMILES string of the molecule is COC(=O)C1=C(C)NC(=S)NC1c1c(F)cccc1F. The van der Waals surface area contributed by atoms with Crippen molar-refractivity contribution in [3.05, 3.63) is 46.7 Å². The Balaban J connectivity index is 2.60. The van der Waals surface area contributed by atoms with E-state index in [2.05, 4.69) is 15.4 Å². The van der Waals surface area contributed by atoms with Gasteiger partial charge in [0.1, 0.15) is 11.6 Å². The molecule has 0 aromatic heterocycles. The lowest BCUT2D eigenvalue weighted by Gasteiger charge is -2.29. The zero-order valence-electron chi connectivity index (χ0n) is 10.8. The summed E-state index contributed by atoms with van der Waals surface area (Å²) in [5.74, 6) is -2.21. The number of thiocarbonyl (C=S) groups is 1. The van der Waals surface area contributed by atoms with Gasteiger partial charge in [-0.25, -0.2) is 13.6 Å². The Labute approximate surface area is 119 Å². The largest absolute Gasteiger partial charge is 0.466 e. The third-order valence-corrected chi connectivity index (χ3v) is 3.18. The number of hydrogen-bond donors (Lipinski definition) is 2.